The fourth-order valence-electron chi connectivity index (χ4n) is 2.33. The van der Waals surface area contributed by atoms with E-state index >= 15 is 4.39 Å². The van der Waals surface area contributed by atoms with Crippen molar-refractivity contribution in [2.24, 2.45) is 5.92 Å². The average molecular weight is 374 g/mol. The molecule has 1 aliphatic carbocycles. The van der Waals surface area contributed by atoms with Crippen LogP contribution in [0.4, 0.5) is 17.6 Å². The van der Waals surface area contributed by atoms with Crippen LogP contribution >= 0.6 is 11.6 Å². The van der Waals surface area contributed by atoms with Crippen LogP contribution in [0.1, 0.15) is 25.5 Å². The molecule has 0 aromatic carbocycles. The van der Waals surface area contributed by atoms with Crippen molar-refractivity contribution in [3.05, 3.63) is 40.9 Å². The van der Waals surface area contributed by atoms with Gasteiger partial charge in [0.1, 0.15) is 5.76 Å². The van der Waals surface area contributed by atoms with Crippen LogP contribution in [0.5, 0.6) is 0 Å². The summed E-state index contributed by atoms with van der Waals surface area (Å²) < 4.78 is 78.2. The first-order valence-corrected chi connectivity index (χ1v) is 8.25. The highest BCUT2D eigenvalue weighted by molar-refractivity contribution is 7.87. The molecule has 0 spiro atoms. The predicted octanol–water partition coefficient (Wildman–Crippen LogP) is 4.08. The molecule has 10 heteroatoms. The molecule has 2 rings (SSSR count). The lowest BCUT2D eigenvalue weighted by Gasteiger charge is -2.32. The van der Waals surface area contributed by atoms with Crippen LogP contribution in [0.3, 0.4) is 0 Å². The summed E-state index contributed by atoms with van der Waals surface area (Å²) in [5.74, 6) is -1.34. The third-order valence-corrected chi connectivity index (χ3v) is 4.70. The summed E-state index contributed by atoms with van der Waals surface area (Å²) in [5, 5.41) is 0.0860. The van der Waals surface area contributed by atoms with E-state index in [2.05, 4.69) is 9.17 Å². The zero-order chi connectivity index (χ0) is 17.5. The maximum atomic E-state index is 15.0. The molecule has 1 aromatic rings. The molecule has 2 unspecified atom stereocenters. The molecule has 0 amide bonds. The number of halogens is 5. The highest BCUT2D eigenvalue weighted by atomic mass is 35.5. The van der Waals surface area contributed by atoms with Crippen LogP contribution in [0, 0.1) is 5.92 Å². The third kappa shape index (κ3) is 3.60. The van der Waals surface area contributed by atoms with Crippen LogP contribution in [0.15, 0.2) is 30.2 Å². The zero-order valence-corrected chi connectivity index (χ0v) is 13.3. The summed E-state index contributed by atoms with van der Waals surface area (Å²) in [4.78, 5) is 3.87. The molecule has 0 fully saturated rings. The molecule has 0 N–H and O–H groups in total. The third-order valence-electron chi connectivity index (χ3n) is 3.41. The first-order valence-electron chi connectivity index (χ1n) is 6.47. The van der Waals surface area contributed by atoms with Crippen molar-refractivity contribution in [2.45, 2.75) is 30.9 Å². The van der Waals surface area contributed by atoms with E-state index in [1.54, 1.807) is 0 Å². The zero-order valence-electron chi connectivity index (χ0n) is 11.8. The summed E-state index contributed by atoms with van der Waals surface area (Å²) in [5.41, 5.74) is -7.59. The van der Waals surface area contributed by atoms with Crippen molar-refractivity contribution in [3.63, 3.8) is 0 Å². The van der Waals surface area contributed by atoms with Gasteiger partial charge in [-0.1, -0.05) is 18.5 Å². The molecular formula is C13H12ClF4NO3S. The van der Waals surface area contributed by atoms with Crippen molar-refractivity contribution in [2.75, 3.05) is 0 Å². The normalized spacial score (nSPS) is 25.8. The minimum Gasteiger partial charge on any atom is -0.381 e. The predicted molar refractivity (Wildman–Crippen MR) is 74.6 cm³/mol. The molecule has 2 atom stereocenters. The van der Waals surface area contributed by atoms with Crippen LogP contribution in [0.25, 0.3) is 0 Å². The first-order chi connectivity index (χ1) is 10.5. The summed E-state index contributed by atoms with van der Waals surface area (Å²) >= 11 is 5.90. The number of pyridine rings is 1. The topological polar surface area (TPSA) is 56.3 Å². The van der Waals surface area contributed by atoms with Crippen LogP contribution in [-0.2, 0) is 20.0 Å². The van der Waals surface area contributed by atoms with Gasteiger partial charge in [0.05, 0.1) is 10.7 Å². The summed E-state index contributed by atoms with van der Waals surface area (Å²) in [6.45, 7) is 1.36. The number of nitrogens with zero attached hydrogens (tertiary/aromatic N) is 1. The molecule has 0 bridgehead atoms. The number of alkyl halides is 4. The maximum Gasteiger partial charge on any atom is 0.534 e. The molecular weight excluding hydrogens is 362 g/mol. The largest absolute Gasteiger partial charge is 0.534 e. The second-order valence-electron chi connectivity index (χ2n) is 5.20. The van der Waals surface area contributed by atoms with Gasteiger partial charge in [0.2, 0.25) is 0 Å². The van der Waals surface area contributed by atoms with Gasteiger partial charge in [-0.05, 0) is 24.6 Å². The Balaban J connectivity index is 2.28. The first kappa shape index (κ1) is 18.0. The minimum absolute atomic E-state index is 0.0394. The van der Waals surface area contributed by atoms with E-state index in [9.17, 15) is 21.6 Å². The Bertz CT molecular complexity index is 735. The smallest absolute Gasteiger partial charge is 0.381 e. The average Bonchev–Trinajstić information content (AvgIpc) is 2.41. The number of aromatic nitrogens is 1. The quantitative estimate of drug-likeness (QED) is 0.455. The highest BCUT2D eigenvalue weighted by Crippen LogP contribution is 2.45. The van der Waals surface area contributed by atoms with Crippen LogP contribution in [0.2, 0.25) is 5.02 Å². The minimum atomic E-state index is -5.77. The molecule has 0 aliphatic heterocycles. The van der Waals surface area contributed by atoms with Crippen molar-refractivity contribution in [1.29, 1.82) is 0 Å². The van der Waals surface area contributed by atoms with E-state index in [1.807, 2.05) is 0 Å². The van der Waals surface area contributed by atoms with E-state index < -0.39 is 39.4 Å². The van der Waals surface area contributed by atoms with E-state index in [1.165, 1.54) is 25.3 Å². The number of hydrogen-bond acceptors (Lipinski definition) is 4. The van der Waals surface area contributed by atoms with E-state index in [0.29, 0.717) is 0 Å². The van der Waals surface area contributed by atoms with E-state index in [-0.39, 0.29) is 17.1 Å². The molecule has 0 saturated carbocycles. The van der Waals surface area contributed by atoms with Crippen molar-refractivity contribution in [3.8, 4) is 0 Å². The fraction of sp³-hybridized carbons (Fsp3) is 0.462. The molecule has 23 heavy (non-hydrogen) atoms. The lowest BCUT2D eigenvalue weighted by Crippen LogP contribution is -2.32. The second-order valence-corrected chi connectivity index (χ2v) is 7.14. The van der Waals surface area contributed by atoms with Gasteiger partial charge >= 0.3 is 15.6 Å². The van der Waals surface area contributed by atoms with E-state index in [4.69, 9.17) is 11.6 Å². The molecule has 1 heterocycles. The van der Waals surface area contributed by atoms with Crippen molar-refractivity contribution >= 4 is 21.7 Å². The highest BCUT2D eigenvalue weighted by Gasteiger charge is 2.50. The Morgan fingerprint density at radius 1 is 1.43 bits per heavy atom. The summed E-state index contributed by atoms with van der Waals surface area (Å²) in [6, 6.07) is 2.96. The second kappa shape index (κ2) is 5.94. The van der Waals surface area contributed by atoms with Gasteiger partial charge in [-0.25, -0.2) is 4.39 Å². The van der Waals surface area contributed by atoms with Gasteiger partial charge in [-0.2, -0.15) is 21.6 Å². The maximum absolute atomic E-state index is 15.0. The summed E-state index contributed by atoms with van der Waals surface area (Å²) in [6.07, 6.45) is 1.64. The molecule has 1 aromatic heterocycles. The van der Waals surface area contributed by atoms with Gasteiger partial charge in [-0.3, -0.25) is 4.98 Å². The molecule has 4 nitrogen and oxygen atoms in total. The molecule has 128 valence electrons. The van der Waals surface area contributed by atoms with Crippen LogP contribution < -0.4 is 0 Å². The summed E-state index contributed by atoms with van der Waals surface area (Å²) in [7, 11) is -5.77. The standard InChI is InChI=1S/C13H12ClF4NO3S/c1-8-7-12(15,11-9(14)3-2-6-19-11)5-4-10(8)22-23(20,21)13(16,17)18/h2-4,6,8H,5,7H2,1H3. The van der Waals surface area contributed by atoms with Crippen molar-refractivity contribution < 1.29 is 30.2 Å². The van der Waals surface area contributed by atoms with Gasteiger partial charge in [0, 0.05) is 18.5 Å². The SMILES string of the molecule is CC1CC(F)(c2ncccc2Cl)CC=C1OS(=O)(=O)C(F)(F)F. The number of allylic oxidation sites excluding steroid dienone is 2. The lowest BCUT2D eigenvalue weighted by molar-refractivity contribution is -0.0531. The van der Waals surface area contributed by atoms with Gasteiger partial charge in [-0.15, -0.1) is 0 Å². The van der Waals surface area contributed by atoms with Gasteiger partial charge in [0.15, 0.2) is 5.67 Å². The monoisotopic (exact) mass is 373 g/mol. The molecule has 1 aliphatic rings. The Morgan fingerprint density at radius 3 is 2.61 bits per heavy atom. The molecule has 0 saturated heterocycles. The fourth-order valence-corrected chi connectivity index (χ4v) is 3.20. The van der Waals surface area contributed by atoms with E-state index in [0.717, 1.165) is 6.08 Å². The van der Waals surface area contributed by atoms with Gasteiger partial charge < -0.3 is 4.18 Å². The lowest BCUT2D eigenvalue weighted by atomic mass is 9.81. The Labute approximate surface area is 135 Å². The van der Waals surface area contributed by atoms with Crippen molar-refractivity contribution in [1.82, 2.24) is 4.98 Å². The Hall–Kier alpha value is -1.35. The number of hydrogen-bond donors (Lipinski definition) is 0. The van der Waals surface area contributed by atoms with Crippen LogP contribution in [-0.4, -0.2) is 18.9 Å². The number of rotatable bonds is 3. The Morgan fingerprint density at radius 2 is 2.09 bits per heavy atom. The van der Waals surface area contributed by atoms with Gasteiger partial charge in [0.25, 0.3) is 0 Å². The molecule has 0 radical (unpaired) electrons. The Kier molecular flexibility index (Phi) is 4.64.